The lowest BCUT2D eigenvalue weighted by Gasteiger charge is -2.10. The lowest BCUT2D eigenvalue weighted by atomic mass is 10.1. The molecule has 0 saturated carbocycles. The van der Waals surface area contributed by atoms with Gasteiger partial charge in [-0.1, -0.05) is 5.21 Å². The molecular weight excluding hydrogens is 428 g/mol. The average Bonchev–Trinajstić information content (AvgIpc) is 3.25. The maximum Gasteiger partial charge on any atom is 0.284 e. The fourth-order valence-corrected chi connectivity index (χ4v) is 3.23. The summed E-state index contributed by atoms with van der Waals surface area (Å²) in [4.78, 5) is 40.9. The van der Waals surface area contributed by atoms with Crippen LogP contribution in [0.4, 0.5) is 5.69 Å². The van der Waals surface area contributed by atoms with Gasteiger partial charge < -0.3 is 14.8 Å². The molecule has 2 aromatic carbocycles. The maximum atomic E-state index is 12.8. The Labute approximate surface area is 187 Å². The summed E-state index contributed by atoms with van der Waals surface area (Å²) < 4.78 is 13.1. The number of amides is 1. The van der Waals surface area contributed by atoms with E-state index in [1.807, 2.05) is 0 Å². The van der Waals surface area contributed by atoms with Gasteiger partial charge >= 0.3 is 0 Å². The molecule has 4 aromatic rings. The summed E-state index contributed by atoms with van der Waals surface area (Å²) in [6.07, 6.45) is 1.27. The van der Waals surface area contributed by atoms with E-state index in [1.165, 1.54) is 32.2 Å². The SMILES string of the molecule is COc1ccc(-n2nnc3c(=O)n(CC(=O)Nc4ccc(C(C)=O)cc4)cnc32)cc1OC. The van der Waals surface area contributed by atoms with Gasteiger partial charge in [0.15, 0.2) is 28.4 Å². The normalized spacial score (nSPS) is 10.8. The zero-order chi connectivity index (χ0) is 23.5. The number of Topliss-reactive ketones (excluding diaryl/α,β-unsaturated/α-hetero) is 1. The smallest absolute Gasteiger partial charge is 0.284 e. The van der Waals surface area contributed by atoms with Crippen LogP contribution in [0.2, 0.25) is 0 Å². The van der Waals surface area contributed by atoms with E-state index in [-0.39, 0.29) is 23.5 Å². The first kappa shape index (κ1) is 21.7. The average molecular weight is 448 g/mol. The number of nitrogens with zero attached hydrogens (tertiary/aromatic N) is 5. The number of aromatic nitrogens is 5. The summed E-state index contributed by atoms with van der Waals surface area (Å²) >= 11 is 0. The van der Waals surface area contributed by atoms with Gasteiger partial charge in [-0.2, -0.15) is 4.68 Å². The molecule has 0 radical (unpaired) electrons. The van der Waals surface area contributed by atoms with Crippen LogP contribution in [-0.2, 0) is 11.3 Å². The molecule has 0 aliphatic heterocycles. The van der Waals surface area contributed by atoms with Gasteiger partial charge in [0, 0.05) is 17.3 Å². The lowest BCUT2D eigenvalue weighted by molar-refractivity contribution is -0.116. The van der Waals surface area contributed by atoms with Crippen LogP contribution in [-0.4, -0.2) is 50.5 Å². The van der Waals surface area contributed by atoms with Crippen LogP contribution in [0.1, 0.15) is 17.3 Å². The van der Waals surface area contributed by atoms with Crippen molar-refractivity contribution in [2.75, 3.05) is 19.5 Å². The second-order valence-electron chi connectivity index (χ2n) is 7.07. The van der Waals surface area contributed by atoms with Crippen molar-refractivity contribution in [2.24, 2.45) is 0 Å². The summed E-state index contributed by atoms with van der Waals surface area (Å²) in [6.45, 7) is 1.20. The molecule has 1 N–H and O–H groups in total. The van der Waals surface area contributed by atoms with Crippen molar-refractivity contribution in [3.63, 3.8) is 0 Å². The van der Waals surface area contributed by atoms with Crippen LogP contribution < -0.4 is 20.3 Å². The molecular formula is C22H20N6O5. The molecule has 0 aliphatic carbocycles. The number of nitrogens with one attached hydrogen (secondary N) is 1. The van der Waals surface area contributed by atoms with E-state index in [0.717, 1.165) is 4.57 Å². The Morgan fingerprint density at radius 2 is 1.76 bits per heavy atom. The molecule has 11 nitrogen and oxygen atoms in total. The number of hydrogen-bond donors (Lipinski definition) is 1. The number of methoxy groups -OCH3 is 2. The Morgan fingerprint density at radius 3 is 2.42 bits per heavy atom. The first-order chi connectivity index (χ1) is 15.9. The minimum absolute atomic E-state index is 0.0193. The number of anilines is 1. The van der Waals surface area contributed by atoms with Crippen molar-refractivity contribution >= 4 is 28.5 Å². The molecule has 0 fully saturated rings. The van der Waals surface area contributed by atoms with Crippen LogP contribution in [0.25, 0.3) is 16.9 Å². The van der Waals surface area contributed by atoms with Gasteiger partial charge in [-0.25, -0.2) is 4.98 Å². The number of benzene rings is 2. The number of rotatable bonds is 7. The van der Waals surface area contributed by atoms with E-state index >= 15 is 0 Å². The minimum Gasteiger partial charge on any atom is -0.493 e. The van der Waals surface area contributed by atoms with Gasteiger partial charge in [0.25, 0.3) is 5.56 Å². The molecule has 1 amide bonds. The minimum atomic E-state index is -0.506. The van der Waals surface area contributed by atoms with Gasteiger partial charge in [-0.05, 0) is 43.3 Å². The molecule has 0 aliphatic rings. The summed E-state index contributed by atoms with van der Waals surface area (Å²) in [5, 5.41) is 10.7. The van der Waals surface area contributed by atoms with Gasteiger partial charge in [-0.3, -0.25) is 19.0 Å². The first-order valence-electron chi connectivity index (χ1n) is 9.85. The summed E-state index contributed by atoms with van der Waals surface area (Å²) in [5.74, 6) is 0.531. The van der Waals surface area contributed by atoms with Crippen LogP contribution in [0.5, 0.6) is 11.5 Å². The predicted molar refractivity (Wildman–Crippen MR) is 119 cm³/mol. The number of ketones is 1. The predicted octanol–water partition coefficient (Wildman–Crippen LogP) is 1.84. The quantitative estimate of drug-likeness (QED) is 0.424. The summed E-state index contributed by atoms with van der Waals surface area (Å²) in [5.41, 5.74) is 1.37. The van der Waals surface area contributed by atoms with E-state index in [2.05, 4.69) is 20.6 Å². The lowest BCUT2D eigenvalue weighted by Crippen LogP contribution is -2.28. The molecule has 168 valence electrons. The highest BCUT2D eigenvalue weighted by Gasteiger charge is 2.16. The molecule has 2 heterocycles. The van der Waals surface area contributed by atoms with E-state index < -0.39 is 11.5 Å². The van der Waals surface area contributed by atoms with Crippen molar-refractivity contribution in [2.45, 2.75) is 13.5 Å². The van der Waals surface area contributed by atoms with Gasteiger partial charge in [0.05, 0.1) is 19.9 Å². The molecule has 0 atom stereocenters. The van der Waals surface area contributed by atoms with Gasteiger partial charge in [0.2, 0.25) is 5.91 Å². The van der Waals surface area contributed by atoms with E-state index in [4.69, 9.17) is 9.47 Å². The van der Waals surface area contributed by atoms with Crippen molar-refractivity contribution in [3.05, 3.63) is 64.7 Å². The Hall–Kier alpha value is -4.54. The van der Waals surface area contributed by atoms with Crippen molar-refractivity contribution < 1.29 is 19.1 Å². The highest BCUT2D eigenvalue weighted by molar-refractivity contribution is 5.95. The fraction of sp³-hybridized carbons (Fsp3) is 0.182. The largest absolute Gasteiger partial charge is 0.493 e. The third-order valence-corrected chi connectivity index (χ3v) is 4.93. The third kappa shape index (κ3) is 4.28. The second-order valence-corrected chi connectivity index (χ2v) is 7.07. The van der Waals surface area contributed by atoms with E-state index in [9.17, 15) is 14.4 Å². The molecule has 4 rings (SSSR count). The zero-order valence-electron chi connectivity index (χ0n) is 18.1. The fourth-order valence-electron chi connectivity index (χ4n) is 3.23. The van der Waals surface area contributed by atoms with Gasteiger partial charge in [0.1, 0.15) is 12.9 Å². The Balaban J connectivity index is 1.57. The second kappa shape index (κ2) is 8.91. The van der Waals surface area contributed by atoms with Crippen LogP contribution in [0.3, 0.4) is 0 Å². The number of carbonyl (C=O) groups is 2. The number of carbonyl (C=O) groups excluding carboxylic acids is 2. The number of hydrogen-bond acceptors (Lipinski definition) is 8. The molecule has 0 saturated heterocycles. The van der Waals surface area contributed by atoms with Crippen LogP contribution in [0.15, 0.2) is 53.6 Å². The zero-order valence-corrected chi connectivity index (χ0v) is 18.1. The molecule has 2 aromatic heterocycles. The van der Waals surface area contributed by atoms with E-state index in [0.29, 0.717) is 28.4 Å². The Kier molecular flexibility index (Phi) is 5.85. The topological polar surface area (TPSA) is 130 Å². The van der Waals surface area contributed by atoms with E-state index in [1.54, 1.807) is 42.5 Å². The molecule has 0 bridgehead atoms. The van der Waals surface area contributed by atoms with Gasteiger partial charge in [-0.15, -0.1) is 5.10 Å². The van der Waals surface area contributed by atoms with Crippen molar-refractivity contribution in [3.8, 4) is 17.2 Å². The molecule has 11 heteroatoms. The highest BCUT2D eigenvalue weighted by Crippen LogP contribution is 2.29. The number of ether oxygens (including phenoxy) is 2. The summed E-state index contributed by atoms with van der Waals surface area (Å²) in [7, 11) is 3.05. The molecule has 0 unspecified atom stereocenters. The standard InChI is InChI=1S/C22H20N6O5/c1-13(29)14-4-6-15(7-5-14)24-19(30)11-27-12-23-21-20(22(27)31)25-26-28(21)16-8-9-17(32-2)18(10-16)33-3/h4-10,12H,11H2,1-3H3,(H,24,30). The maximum absolute atomic E-state index is 12.8. The molecule has 33 heavy (non-hydrogen) atoms. The Morgan fingerprint density at radius 1 is 1.03 bits per heavy atom. The monoisotopic (exact) mass is 448 g/mol. The number of fused-ring (bicyclic) bond motifs is 1. The van der Waals surface area contributed by atoms with Crippen molar-refractivity contribution in [1.29, 1.82) is 0 Å². The third-order valence-electron chi connectivity index (χ3n) is 4.93. The highest BCUT2D eigenvalue weighted by atomic mass is 16.5. The van der Waals surface area contributed by atoms with Crippen LogP contribution >= 0.6 is 0 Å². The first-order valence-corrected chi connectivity index (χ1v) is 9.85. The Bertz CT molecular complexity index is 1410. The van der Waals surface area contributed by atoms with Crippen molar-refractivity contribution in [1.82, 2.24) is 24.5 Å². The molecule has 0 spiro atoms. The summed E-state index contributed by atoms with van der Waals surface area (Å²) in [6, 6.07) is 11.6. The van der Waals surface area contributed by atoms with Crippen LogP contribution in [0, 0.1) is 0 Å².